The lowest BCUT2D eigenvalue weighted by Gasteiger charge is -2.12. The molecule has 36 heavy (non-hydrogen) atoms. The monoisotopic (exact) mass is 512 g/mol. The number of fused-ring (bicyclic) bond motifs is 1. The van der Waals surface area contributed by atoms with Crippen molar-refractivity contribution in [1.29, 1.82) is 0 Å². The van der Waals surface area contributed by atoms with Gasteiger partial charge in [0.1, 0.15) is 6.04 Å². The van der Waals surface area contributed by atoms with Gasteiger partial charge in [-0.25, -0.2) is 14.4 Å². The highest BCUT2D eigenvalue weighted by Crippen LogP contribution is 2.23. The number of urea groups is 1. The number of nitrogens with one attached hydrogen (secondary N) is 2. The quantitative estimate of drug-likeness (QED) is 0.255. The van der Waals surface area contributed by atoms with E-state index >= 15 is 0 Å². The lowest BCUT2D eigenvalue weighted by atomic mass is 10.0. The standard InChI is InChI=1S/C21H24N4O2S.C4H4O4/c1-24(2)8-7-15-12-22-18-6-5-14(10-17(15)18)11-19-20(26)25(21(27)23-19)13-16-4-3-9-28-16;5-3(6)1-2-4(7)8/h3-6,9-10,12,19,22H,7-8,11,13H2,1-2H3,(H,23,27);1-2H,(H,5,6)(H,7,8). The van der Waals surface area contributed by atoms with Gasteiger partial charge in [-0.05, 0) is 55.2 Å². The number of imide groups is 1. The van der Waals surface area contributed by atoms with Crippen LogP contribution in [0, 0.1) is 0 Å². The summed E-state index contributed by atoms with van der Waals surface area (Å²) in [4.78, 5) is 51.9. The number of hydrogen-bond donors (Lipinski definition) is 4. The lowest BCUT2D eigenvalue weighted by Crippen LogP contribution is -2.32. The summed E-state index contributed by atoms with van der Waals surface area (Å²) in [5, 5.41) is 21.6. The molecule has 3 aromatic rings. The van der Waals surface area contributed by atoms with E-state index in [0.717, 1.165) is 28.9 Å². The number of amides is 3. The third-order valence-electron chi connectivity index (χ3n) is 5.47. The number of rotatable bonds is 9. The predicted molar refractivity (Wildman–Crippen MR) is 136 cm³/mol. The minimum Gasteiger partial charge on any atom is -0.478 e. The number of benzene rings is 1. The van der Waals surface area contributed by atoms with Crippen LogP contribution in [-0.4, -0.2) is 75.6 Å². The van der Waals surface area contributed by atoms with Crippen LogP contribution < -0.4 is 5.32 Å². The van der Waals surface area contributed by atoms with Crippen LogP contribution in [0.15, 0.2) is 54.1 Å². The van der Waals surface area contributed by atoms with Gasteiger partial charge in [-0.15, -0.1) is 11.3 Å². The Balaban J connectivity index is 0.000000392. The third kappa shape index (κ3) is 7.27. The van der Waals surface area contributed by atoms with E-state index in [9.17, 15) is 19.2 Å². The number of nitrogens with zero attached hydrogens (tertiary/aromatic N) is 2. The molecule has 190 valence electrons. The van der Waals surface area contributed by atoms with E-state index in [0.29, 0.717) is 25.1 Å². The fourth-order valence-corrected chi connectivity index (χ4v) is 4.40. The molecule has 1 fully saturated rings. The van der Waals surface area contributed by atoms with Gasteiger partial charge in [-0.2, -0.15) is 0 Å². The summed E-state index contributed by atoms with van der Waals surface area (Å²) in [5.74, 6) is -2.67. The molecule has 0 spiro atoms. The maximum atomic E-state index is 12.7. The normalized spacial score (nSPS) is 15.4. The number of carbonyl (C=O) groups is 4. The number of aliphatic carboxylic acids is 2. The average molecular weight is 513 g/mol. The maximum Gasteiger partial charge on any atom is 0.328 e. The second-order valence-electron chi connectivity index (χ2n) is 8.47. The summed E-state index contributed by atoms with van der Waals surface area (Å²) in [6.45, 7) is 1.32. The molecular formula is C25H28N4O6S. The Morgan fingerprint density at radius 3 is 2.47 bits per heavy atom. The molecule has 10 nitrogen and oxygen atoms in total. The van der Waals surface area contributed by atoms with Crippen LogP contribution in [-0.2, 0) is 33.8 Å². The van der Waals surface area contributed by atoms with Crippen LogP contribution >= 0.6 is 11.3 Å². The first kappa shape index (κ1) is 26.6. The highest BCUT2D eigenvalue weighted by Gasteiger charge is 2.37. The SMILES string of the molecule is CN(C)CCc1c[nH]c2ccc(CC3NC(=O)N(Cc4cccs4)C3=O)cc12.O=C(O)C=CC(=O)O. The van der Waals surface area contributed by atoms with Crippen molar-refractivity contribution in [1.82, 2.24) is 20.1 Å². The van der Waals surface area contributed by atoms with Crippen LogP contribution in [0.3, 0.4) is 0 Å². The minimum absolute atomic E-state index is 0.152. The number of thiophene rings is 1. The smallest absolute Gasteiger partial charge is 0.328 e. The van der Waals surface area contributed by atoms with Crippen LogP contribution in [0.4, 0.5) is 4.79 Å². The molecule has 3 amide bonds. The van der Waals surface area contributed by atoms with Crippen molar-refractivity contribution in [2.75, 3.05) is 20.6 Å². The van der Waals surface area contributed by atoms with Gasteiger partial charge >= 0.3 is 18.0 Å². The molecule has 2 aromatic heterocycles. The van der Waals surface area contributed by atoms with Gasteiger partial charge in [-0.1, -0.05) is 12.1 Å². The van der Waals surface area contributed by atoms with Crippen LogP contribution in [0.2, 0.25) is 0 Å². The van der Waals surface area contributed by atoms with Gasteiger partial charge in [0, 0.05) is 47.1 Å². The molecule has 1 atom stereocenters. The van der Waals surface area contributed by atoms with Gasteiger partial charge in [0.25, 0.3) is 5.91 Å². The minimum atomic E-state index is -1.26. The number of aromatic nitrogens is 1. The fourth-order valence-electron chi connectivity index (χ4n) is 3.71. The molecule has 4 rings (SSSR count). The molecule has 0 bridgehead atoms. The zero-order valence-corrected chi connectivity index (χ0v) is 20.7. The van der Waals surface area contributed by atoms with E-state index in [-0.39, 0.29) is 11.9 Å². The molecule has 1 saturated heterocycles. The average Bonchev–Trinajstić information content (AvgIpc) is 3.54. The zero-order chi connectivity index (χ0) is 26.2. The highest BCUT2D eigenvalue weighted by atomic mass is 32.1. The van der Waals surface area contributed by atoms with Crippen molar-refractivity contribution in [2.24, 2.45) is 0 Å². The molecule has 0 radical (unpaired) electrons. The van der Waals surface area contributed by atoms with Crippen LogP contribution in [0.25, 0.3) is 10.9 Å². The van der Waals surface area contributed by atoms with Gasteiger partial charge in [0.05, 0.1) is 6.54 Å². The van der Waals surface area contributed by atoms with Crippen molar-refractivity contribution in [2.45, 2.75) is 25.4 Å². The van der Waals surface area contributed by atoms with E-state index in [2.05, 4.69) is 47.6 Å². The fraction of sp³-hybridized carbons (Fsp3) is 0.280. The van der Waals surface area contributed by atoms with Crippen molar-refractivity contribution < 1.29 is 29.4 Å². The Labute approximate surface area is 211 Å². The number of carboxylic acids is 2. The number of likely N-dealkylation sites (N-methyl/N-ethyl adjacent to an activating group) is 1. The van der Waals surface area contributed by atoms with Crippen molar-refractivity contribution >= 4 is 46.1 Å². The number of carboxylic acid groups (broad SMARTS) is 2. The molecule has 1 unspecified atom stereocenters. The number of H-pyrrole nitrogens is 1. The van der Waals surface area contributed by atoms with Gasteiger partial charge in [-0.3, -0.25) is 9.69 Å². The van der Waals surface area contributed by atoms with E-state index in [4.69, 9.17) is 10.2 Å². The largest absolute Gasteiger partial charge is 0.478 e. The summed E-state index contributed by atoms with van der Waals surface area (Å²) in [5.41, 5.74) is 3.42. The van der Waals surface area contributed by atoms with Crippen molar-refractivity contribution in [3.05, 3.63) is 70.1 Å². The van der Waals surface area contributed by atoms with Gasteiger partial charge in [0.2, 0.25) is 0 Å². The summed E-state index contributed by atoms with van der Waals surface area (Å²) >= 11 is 1.55. The summed E-state index contributed by atoms with van der Waals surface area (Å²) < 4.78 is 0. The molecular weight excluding hydrogens is 484 g/mol. The summed E-state index contributed by atoms with van der Waals surface area (Å²) in [6, 6.07) is 9.26. The first-order chi connectivity index (χ1) is 17.1. The second kappa shape index (κ2) is 12.1. The first-order valence-electron chi connectivity index (χ1n) is 11.2. The van der Waals surface area contributed by atoms with Crippen molar-refractivity contribution in [3.63, 3.8) is 0 Å². The third-order valence-corrected chi connectivity index (χ3v) is 6.33. The Morgan fingerprint density at radius 2 is 1.86 bits per heavy atom. The number of aromatic amines is 1. The Kier molecular flexibility index (Phi) is 8.98. The molecule has 3 heterocycles. The molecule has 1 aromatic carbocycles. The van der Waals surface area contributed by atoms with E-state index in [1.54, 1.807) is 11.3 Å². The number of carbonyl (C=O) groups excluding carboxylic acids is 2. The van der Waals surface area contributed by atoms with E-state index < -0.39 is 18.0 Å². The summed E-state index contributed by atoms with van der Waals surface area (Å²) in [6.07, 6.45) is 4.64. The molecule has 0 aliphatic carbocycles. The van der Waals surface area contributed by atoms with Gasteiger partial charge in [0.15, 0.2) is 0 Å². The molecule has 4 N–H and O–H groups in total. The molecule has 1 aliphatic rings. The second-order valence-corrected chi connectivity index (χ2v) is 9.50. The van der Waals surface area contributed by atoms with E-state index in [1.807, 2.05) is 23.6 Å². The number of hydrogen-bond acceptors (Lipinski definition) is 6. The maximum absolute atomic E-state index is 12.7. The summed E-state index contributed by atoms with van der Waals surface area (Å²) in [7, 11) is 4.13. The van der Waals surface area contributed by atoms with Crippen molar-refractivity contribution in [3.8, 4) is 0 Å². The van der Waals surface area contributed by atoms with Crippen LogP contribution in [0.1, 0.15) is 16.0 Å². The van der Waals surface area contributed by atoms with Crippen LogP contribution in [0.5, 0.6) is 0 Å². The first-order valence-corrected chi connectivity index (χ1v) is 12.0. The van der Waals surface area contributed by atoms with E-state index in [1.165, 1.54) is 15.8 Å². The molecule has 0 saturated carbocycles. The highest BCUT2D eigenvalue weighted by molar-refractivity contribution is 7.09. The molecule has 11 heteroatoms. The Hall–Kier alpha value is -3.96. The Morgan fingerprint density at radius 1 is 1.14 bits per heavy atom. The van der Waals surface area contributed by atoms with Gasteiger partial charge < -0.3 is 25.4 Å². The zero-order valence-electron chi connectivity index (χ0n) is 19.9. The lowest BCUT2D eigenvalue weighted by molar-refractivity contribution is -0.134. The Bertz CT molecular complexity index is 1250. The molecule has 1 aliphatic heterocycles. The predicted octanol–water partition coefficient (Wildman–Crippen LogP) is 2.71. The topological polar surface area (TPSA) is 143 Å².